The van der Waals surface area contributed by atoms with Crippen molar-refractivity contribution in [1.82, 2.24) is 15.1 Å². The zero-order valence-electron chi connectivity index (χ0n) is 14.3. The highest BCUT2D eigenvalue weighted by molar-refractivity contribution is 9.10. The third kappa shape index (κ3) is 3.76. The van der Waals surface area contributed by atoms with Gasteiger partial charge < -0.3 is 14.9 Å². The van der Waals surface area contributed by atoms with E-state index < -0.39 is 0 Å². The Morgan fingerprint density at radius 3 is 2.72 bits per heavy atom. The molecule has 25 heavy (non-hydrogen) atoms. The summed E-state index contributed by atoms with van der Waals surface area (Å²) in [6, 6.07) is 7.66. The lowest BCUT2D eigenvalue weighted by Gasteiger charge is -2.37. The van der Waals surface area contributed by atoms with Crippen molar-refractivity contribution < 1.29 is 9.90 Å². The number of likely N-dealkylation sites (tertiary alicyclic amines) is 1. The van der Waals surface area contributed by atoms with Crippen LogP contribution in [0.15, 0.2) is 34.9 Å². The van der Waals surface area contributed by atoms with E-state index in [0.29, 0.717) is 29.2 Å². The fourth-order valence-corrected chi connectivity index (χ4v) is 3.77. The van der Waals surface area contributed by atoms with Crippen molar-refractivity contribution in [3.8, 4) is 5.75 Å². The summed E-state index contributed by atoms with van der Waals surface area (Å²) in [5.74, 6) is 0.726. The molecule has 0 aliphatic carbocycles. The highest BCUT2D eigenvalue weighted by Crippen LogP contribution is 2.31. The molecule has 2 aromatic rings. The van der Waals surface area contributed by atoms with Crippen LogP contribution in [-0.4, -0.2) is 52.3 Å². The number of carbonyl (C=O) groups excluding carboxylic acids is 1. The van der Waals surface area contributed by atoms with E-state index in [9.17, 15) is 9.90 Å². The number of phenols is 1. The number of halogens is 1. The van der Waals surface area contributed by atoms with E-state index in [4.69, 9.17) is 0 Å². The lowest BCUT2D eigenvalue weighted by Crippen LogP contribution is -2.46. The minimum absolute atomic E-state index is 0.00871. The molecule has 132 valence electrons. The Labute approximate surface area is 155 Å². The number of aromatic hydroxyl groups is 1. The van der Waals surface area contributed by atoms with Crippen LogP contribution in [0.3, 0.4) is 0 Å². The second-order valence-corrected chi connectivity index (χ2v) is 7.21. The summed E-state index contributed by atoms with van der Waals surface area (Å²) in [5, 5.41) is 18.3. The minimum Gasteiger partial charge on any atom is -0.506 e. The number of anilines is 1. The van der Waals surface area contributed by atoms with Gasteiger partial charge in [0.1, 0.15) is 5.75 Å². The number of phenolic OH excluding ortho intramolecular Hbond substituents is 1. The van der Waals surface area contributed by atoms with Crippen LogP contribution in [0.1, 0.15) is 28.8 Å². The van der Waals surface area contributed by atoms with Gasteiger partial charge in [-0.2, -0.15) is 5.10 Å². The van der Waals surface area contributed by atoms with Gasteiger partial charge in [0.25, 0.3) is 5.91 Å². The molecule has 1 aliphatic rings. The van der Waals surface area contributed by atoms with Crippen LogP contribution in [0.4, 0.5) is 5.82 Å². The van der Waals surface area contributed by atoms with Gasteiger partial charge in [0.2, 0.25) is 0 Å². The van der Waals surface area contributed by atoms with Gasteiger partial charge >= 0.3 is 0 Å². The number of benzene rings is 1. The molecule has 0 saturated carbocycles. The second kappa shape index (κ2) is 7.39. The van der Waals surface area contributed by atoms with Crippen LogP contribution >= 0.6 is 15.9 Å². The van der Waals surface area contributed by atoms with Crippen LogP contribution in [0, 0.1) is 6.92 Å². The largest absolute Gasteiger partial charge is 0.506 e. The topological polar surface area (TPSA) is 69.6 Å². The maximum absolute atomic E-state index is 12.8. The third-order valence-corrected chi connectivity index (χ3v) is 5.26. The van der Waals surface area contributed by atoms with E-state index in [2.05, 4.69) is 31.0 Å². The van der Waals surface area contributed by atoms with E-state index in [-0.39, 0.29) is 11.7 Å². The summed E-state index contributed by atoms with van der Waals surface area (Å²) in [6.07, 6.45) is 3.37. The van der Waals surface area contributed by atoms with Gasteiger partial charge in [-0.25, -0.2) is 0 Å². The fraction of sp³-hybridized carbons (Fsp3) is 0.389. The number of hydrogen-bond donors (Lipinski definition) is 1. The van der Waals surface area contributed by atoms with Gasteiger partial charge in [-0.3, -0.25) is 4.79 Å². The van der Waals surface area contributed by atoms with Gasteiger partial charge in [-0.05, 0) is 65.5 Å². The SMILES string of the molecule is Cc1cc(Br)c(O)c(C(=O)N2CCC(N(C)c3cccnn3)CC2)c1. The number of nitrogens with zero attached hydrogens (tertiary/aromatic N) is 4. The van der Waals surface area contributed by atoms with Gasteiger partial charge in [-0.1, -0.05) is 0 Å². The van der Waals surface area contributed by atoms with Crippen molar-refractivity contribution in [1.29, 1.82) is 0 Å². The smallest absolute Gasteiger partial charge is 0.257 e. The van der Waals surface area contributed by atoms with E-state index >= 15 is 0 Å². The molecule has 1 aromatic heterocycles. The maximum atomic E-state index is 12.8. The lowest BCUT2D eigenvalue weighted by molar-refractivity contribution is 0.0710. The van der Waals surface area contributed by atoms with Gasteiger partial charge in [0.05, 0.1) is 10.0 Å². The first kappa shape index (κ1) is 17.7. The molecular formula is C18H21BrN4O2. The van der Waals surface area contributed by atoms with Gasteiger partial charge in [-0.15, -0.1) is 5.10 Å². The molecule has 2 heterocycles. The fourth-order valence-electron chi connectivity index (χ4n) is 3.19. The van der Waals surface area contributed by atoms with Gasteiger partial charge in [0.15, 0.2) is 5.82 Å². The molecule has 1 N–H and O–H groups in total. The van der Waals surface area contributed by atoms with Crippen LogP contribution in [0.25, 0.3) is 0 Å². The Balaban J connectivity index is 1.67. The first-order valence-corrected chi connectivity index (χ1v) is 9.05. The molecule has 0 atom stereocenters. The molecule has 1 saturated heterocycles. The van der Waals surface area contributed by atoms with E-state index in [1.807, 2.05) is 31.0 Å². The van der Waals surface area contributed by atoms with Crippen molar-refractivity contribution in [3.05, 3.63) is 46.1 Å². The Morgan fingerprint density at radius 1 is 1.36 bits per heavy atom. The lowest BCUT2D eigenvalue weighted by atomic mass is 10.0. The quantitative estimate of drug-likeness (QED) is 0.851. The summed E-state index contributed by atoms with van der Waals surface area (Å²) >= 11 is 3.30. The van der Waals surface area contributed by atoms with E-state index in [1.165, 1.54) is 0 Å². The summed E-state index contributed by atoms with van der Waals surface area (Å²) < 4.78 is 0.549. The predicted molar refractivity (Wildman–Crippen MR) is 99.9 cm³/mol. The van der Waals surface area contributed by atoms with E-state index in [0.717, 1.165) is 24.2 Å². The molecule has 1 aromatic carbocycles. The number of piperidine rings is 1. The average Bonchev–Trinajstić information content (AvgIpc) is 2.64. The zero-order valence-corrected chi connectivity index (χ0v) is 15.9. The number of hydrogen-bond acceptors (Lipinski definition) is 5. The molecule has 0 spiro atoms. The monoisotopic (exact) mass is 404 g/mol. The Morgan fingerprint density at radius 2 is 2.08 bits per heavy atom. The molecule has 3 rings (SSSR count). The highest BCUT2D eigenvalue weighted by Gasteiger charge is 2.28. The summed E-state index contributed by atoms with van der Waals surface area (Å²) in [7, 11) is 2.01. The Bertz CT molecular complexity index is 761. The number of amides is 1. The third-order valence-electron chi connectivity index (χ3n) is 4.66. The normalized spacial score (nSPS) is 15.2. The molecular weight excluding hydrogens is 384 g/mol. The molecule has 0 unspecified atom stereocenters. The van der Waals surface area contributed by atoms with Crippen molar-refractivity contribution in [3.63, 3.8) is 0 Å². The van der Waals surface area contributed by atoms with Crippen LogP contribution in [-0.2, 0) is 0 Å². The molecule has 0 bridgehead atoms. The van der Waals surface area contributed by atoms with Crippen LogP contribution in [0.2, 0.25) is 0 Å². The Hall–Kier alpha value is -2.15. The van der Waals surface area contributed by atoms with Crippen molar-refractivity contribution >= 4 is 27.7 Å². The molecule has 1 aliphatic heterocycles. The number of aromatic nitrogens is 2. The average molecular weight is 405 g/mol. The van der Waals surface area contributed by atoms with E-state index in [1.54, 1.807) is 18.3 Å². The summed E-state index contributed by atoms with van der Waals surface area (Å²) in [6.45, 7) is 3.21. The molecule has 7 heteroatoms. The van der Waals surface area contributed by atoms with Crippen molar-refractivity contribution in [2.75, 3.05) is 25.0 Å². The number of rotatable bonds is 3. The number of aryl methyl sites for hydroxylation is 1. The maximum Gasteiger partial charge on any atom is 0.257 e. The number of carbonyl (C=O) groups is 1. The standard InChI is InChI=1S/C18H21BrN4O2/c1-12-10-14(17(24)15(19)11-12)18(25)23-8-5-13(6-9-23)22(2)16-4-3-7-20-21-16/h3-4,7,10-11,13,24H,5-6,8-9H2,1-2H3. The zero-order chi connectivity index (χ0) is 18.0. The highest BCUT2D eigenvalue weighted by atomic mass is 79.9. The second-order valence-electron chi connectivity index (χ2n) is 6.36. The minimum atomic E-state index is -0.123. The van der Waals surface area contributed by atoms with Crippen LogP contribution < -0.4 is 4.90 Å². The van der Waals surface area contributed by atoms with Gasteiger partial charge in [0, 0.05) is 32.4 Å². The first-order valence-electron chi connectivity index (χ1n) is 8.26. The first-order chi connectivity index (χ1) is 12.0. The summed E-state index contributed by atoms with van der Waals surface area (Å²) in [5.41, 5.74) is 1.29. The predicted octanol–water partition coefficient (Wildman–Crippen LogP) is 2.99. The molecule has 1 fully saturated rings. The molecule has 1 amide bonds. The van der Waals surface area contributed by atoms with Crippen LogP contribution in [0.5, 0.6) is 5.75 Å². The van der Waals surface area contributed by atoms with Crippen molar-refractivity contribution in [2.24, 2.45) is 0 Å². The molecule has 6 nitrogen and oxygen atoms in total. The Kier molecular flexibility index (Phi) is 5.22. The molecule has 0 radical (unpaired) electrons. The van der Waals surface area contributed by atoms with Crippen molar-refractivity contribution in [2.45, 2.75) is 25.8 Å². The summed E-state index contributed by atoms with van der Waals surface area (Å²) in [4.78, 5) is 16.7.